The summed E-state index contributed by atoms with van der Waals surface area (Å²) in [5, 5.41) is 9.13. The fraction of sp³-hybridized carbons (Fsp3) is 0.0667. The first kappa shape index (κ1) is 21.3. The molecule has 0 amide bonds. The molecule has 0 bridgehead atoms. The number of aromatic amines is 1. The lowest BCUT2D eigenvalue weighted by Crippen LogP contribution is -2.20. The number of thiophene rings is 1. The maximum atomic E-state index is 13.7. The Morgan fingerprint density at radius 2 is 1.51 bits per heavy atom. The predicted octanol–water partition coefficient (Wildman–Crippen LogP) is 7.13. The summed E-state index contributed by atoms with van der Waals surface area (Å²) in [5.41, 5.74) is 6.21. The first-order chi connectivity index (χ1) is 17.3. The Hall–Kier alpha value is -4.22. The second-order valence-electron chi connectivity index (χ2n) is 8.50. The molecule has 3 heterocycles. The van der Waals surface area contributed by atoms with E-state index in [4.69, 9.17) is 5.10 Å². The molecule has 0 spiro atoms. The molecule has 6 rings (SSSR count). The lowest BCUT2D eigenvalue weighted by molar-refractivity contribution is 0.709. The van der Waals surface area contributed by atoms with Crippen LogP contribution >= 0.6 is 11.3 Å². The van der Waals surface area contributed by atoms with Crippen LogP contribution in [0.15, 0.2) is 124 Å². The summed E-state index contributed by atoms with van der Waals surface area (Å²) in [6, 6.07) is 36.8. The van der Waals surface area contributed by atoms with Crippen molar-refractivity contribution in [3.63, 3.8) is 0 Å². The number of pyridine rings is 1. The smallest absolute Gasteiger partial charge is 0.258 e. The zero-order chi connectivity index (χ0) is 23.6. The number of hydrazone groups is 1. The van der Waals surface area contributed by atoms with Crippen LogP contribution in [0.25, 0.3) is 21.7 Å². The minimum atomic E-state index is -0.116. The van der Waals surface area contributed by atoms with Gasteiger partial charge in [-0.1, -0.05) is 84.9 Å². The van der Waals surface area contributed by atoms with Gasteiger partial charge in [0.15, 0.2) is 0 Å². The number of nitrogens with one attached hydrogen (secondary N) is 1. The van der Waals surface area contributed by atoms with Gasteiger partial charge >= 0.3 is 0 Å². The zero-order valence-corrected chi connectivity index (χ0v) is 19.8. The van der Waals surface area contributed by atoms with Crippen molar-refractivity contribution in [2.24, 2.45) is 5.10 Å². The van der Waals surface area contributed by atoms with Gasteiger partial charge in [0.2, 0.25) is 0 Å². The largest absolute Gasteiger partial charge is 0.321 e. The van der Waals surface area contributed by atoms with Crippen LogP contribution in [-0.4, -0.2) is 10.7 Å². The number of nitrogens with zero attached hydrogens (tertiary/aromatic N) is 2. The first-order valence-corrected chi connectivity index (χ1v) is 12.5. The van der Waals surface area contributed by atoms with Crippen molar-refractivity contribution in [3.8, 4) is 21.7 Å². The molecule has 0 radical (unpaired) electrons. The third kappa shape index (κ3) is 4.11. The Kier molecular flexibility index (Phi) is 5.60. The monoisotopic (exact) mass is 473 g/mol. The average molecular weight is 474 g/mol. The van der Waals surface area contributed by atoms with Gasteiger partial charge in [0, 0.05) is 6.42 Å². The average Bonchev–Trinajstić information content (AvgIpc) is 3.61. The third-order valence-electron chi connectivity index (χ3n) is 6.31. The van der Waals surface area contributed by atoms with E-state index in [9.17, 15) is 4.79 Å². The van der Waals surface area contributed by atoms with E-state index in [1.165, 1.54) is 5.56 Å². The summed E-state index contributed by atoms with van der Waals surface area (Å²) < 4.78 is 0. The maximum absolute atomic E-state index is 13.7. The standard InChI is InChI=1S/C30H23N3OS/c34-30-29(24(21-11-4-1-5-12-21)19-25(31-30)28-17-10-18-35-28)26-20-27(22-13-6-2-7-14-22)33(32-26)23-15-8-3-9-16-23/h1-19,27H,20H2,(H,31,34). The topological polar surface area (TPSA) is 48.5 Å². The Morgan fingerprint density at radius 1 is 0.829 bits per heavy atom. The molecule has 0 aliphatic carbocycles. The van der Waals surface area contributed by atoms with Crippen LogP contribution in [0.5, 0.6) is 0 Å². The highest BCUT2D eigenvalue weighted by Crippen LogP contribution is 2.38. The number of para-hydroxylation sites is 1. The quantitative estimate of drug-likeness (QED) is 0.295. The molecule has 1 unspecified atom stereocenters. The highest BCUT2D eigenvalue weighted by atomic mass is 32.1. The molecule has 1 atom stereocenters. The first-order valence-electron chi connectivity index (χ1n) is 11.6. The highest BCUT2D eigenvalue weighted by molar-refractivity contribution is 7.13. The van der Waals surface area contributed by atoms with Gasteiger partial charge in [-0.25, -0.2) is 0 Å². The molecule has 4 nitrogen and oxygen atoms in total. The molecular weight excluding hydrogens is 450 g/mol. The molecule has 170 valence electrons. The predicted molar refractivity (Wildman–Crippen MR) is 145 cm³/mol. The van der Waals surface area contributed by atoms with Crippen molar-refractivity contribution in [2.45, 2.75) is 12.5 Å². The van der Waals surface area contributed by atoms with Crippen LogP contribution in [0.3, 0.4) is 0 Å². The van der Waals surface area contributed by atoms with Crippen molar-refractivity contribution >= 4 is 22.7 Å². The van der Waals surface area contributed by atoms with Gasteiger partial charge in [0.05, 0.1) is 33.6 Å². The van der Waals surface area contributed by atoms with Gasteiger partial charge < -0.3 is 4.98 Å². The van der Waals surface area contributed by atoms with Gasteiger partial charge in [-0.15, -0.1) is 11.3 Å². The molecule has 5 aromatic rings. The van der Waals surface area contributed by atoms with Crippen LogP contribution < -0.4 is 10.6 Å². The lowest BCUT2D eigenvalue weighted by atomic mass is 9.93. The zero-order valence-electron chi connectivity index (χ0n) is 19.0. The molecule has 3 aromatic carbocycles. The van der Waals surface area contributed by atoms with Gasteiger partial charge in [-0.05, 0) is 46.3 Å². The Labute approximate surface area is 207 Å². The third-order valence-corrected chi connectivity index (χ3v) is 7.21. The summed E-state index contributed by atoms with van der Waals surface area (Å²) in [4.78, 5) is 17.8. The van der Waals surface area contributed by atoms with E-state index in [0.717, 1.165) is 33.1 Å². The minimum absolute atomic E-state index is 0.00796. The Bertz CT molecular complexity index is 1530. The number of H-pyrrole nitrogens is 1. The lowest BCUT2D eigenvalue weighted by Gasteiger charge is -2.23. The van der Waals surface area contributed by atoms with Crippen LogP contribution in [0.2, 0.25) is 0 Å². The fourth-order valence-corrected chi connectivity index (χ4v) is 5.37. The molecule has 2 aromatic heterocycles. The SMILES string of the molecule is O=c1[nH]c(-c2cccs2)cc(-c2ccccc2)c1C1=NN(c2ccccc2)C(c2ccccc2)C1. The van der Waals surface area contributed by atoms with E-state index in [2.05, 4.69) is 59.6 Å². The highest BCUT2D eigenvalue weighted by Gasteiger charge is 2.32. The number of aromatic nitrogens is 1. The molecule has 0 fully saturated rings. The molecular formula is C30H23N3OS. The minimum Gasteiger partial charge on any atom is -0.321 e. The molecule has 1 aliphatic heterocycles. The van der Waals surface area contributed by atoms with E-state index in [-0.39, 0.29) is 11.6 Å². The summed E-state index contributed by atoms with van der Waals surface area (Å²) in [6.07, 6.45) is 0.639. The fourth-order valence-electron chi connectivity index (χ4n) is 4.67. The number of benzene rings is 3. The van der Waals surface area contributed by atoms with Crippen LogP contribution in [0.4, 0.5) is 5.69 Å². The maximum Gasteiger partial charge on any atom is 0.258 e. The van der Waals surface area contributed by atoms with Crippen molar-refractivity contribution in [1.82, 2.24) is 4.98 Å². The van der Waals surface area contributed by atoms with Gasteiger partial charge in [-0.3, -0.25) is 9.80 Å². The van der Waals surface area contributed by atoms with Crippen molar-refractivity contribution in [2.75, 3.05) is 5.01 Å². The molecule has 1 N–H and O–H groups in total. The summed E-state index contributed by atoms with van der Waals surface area (Å²) >= 11 is 1.61. The van der Waals surface area contributed by atoms with E-state index >= 15 is 0 Å². The molecule has 5 heteroatoms. The second kappa shape index (κ2) is 9.20. The molecule has 1 aliphatic rings. The van der Waals surface area contributed by atoms with Gasteiger partial charge in [0.25, 0.3) is 5.56 Å². The van der Waals surface area contributed by atoms with Gasteiger partial charge in [0.1, 0.15) is 0 Å². The number of hydrogen-bond acceptors (Lipinski definition) is 4. The van der Waals surface area contributed by atoms with Gasteiger partial charge in [-0.2, -0.15) is 5.10 Å². The normalized spacial score (nSPS) is 15.3. The summed E-state index contributed by atoms with van der Waals surface area (Å²) in [6.45, 7) is 0. The molecule has 35 heavy (non-hydrogen) atoms. The van der Waals surface area contributed by atoms with Crippen molar-refractivity contribution in [1.29, 1.82) is 0 Å². The van der Waals surface area contributed by atoms with E-state index in [0.29, 0.717) is 12.0 Å². The van der Waals surface area contributed by atoms with Crippen LogP contribution in [0, 0.1) is 0 Å². The Morgan fingerprint density at radius 3 is 2.20 bits per heavy atom. The number of rotatable bonds is 5. The van der Waals surface area contributed by atoms with Crippen LogP contribution in [-0.2, 0) is 0 Å². The second-order valence-corrected chi connectivity index (χ2v) is 9.45. The molecule has 0 saturated heterocycles. The van der Waals surface area contributed by atoms with E-state index < -0.39 is 0 Å². The van der Waals surface area contributed by atoms with Crippen LogP contribution in [0.1, 0.15) is 23.6 Å². The van der Waals surface area contributed by atoms with Crippen molar-refractivity contribution in [3.05, 3.63) is 136 Å². The number of hydrogen-bond donors (Lipinski definition) is 1. The van der Waals surface area contributed by atoms with E-state index in [1.807, 2.05) is 65.0 Å². The summed E-state index contributed by atoms with van der Waals surface area (Å²) in [7, 11) is 0. The Balaban J connectivity index is 1.53. The van der Waals surface area contributed by atoms with Crippen molar-refractivity contribution < 1.29 is 0 Å². The number of anilines is 1. The molecule has 0 saturated carbocycles. The summed E-state index contributed by atoms with van der Waals surface area (Å²) in [5.74, 6) is 0. The van der Waals surface area contributed by atoms with E-state index in [1.54, 1.807) is 11.3 Å².